The number of hydrogen-bond donors (Lipinski definition) is 3. The molecule has 5 aromatic heterocycles. The van der Waals surface area contributed by atoms with Crippen LogP contribution >= 0.6 is 22.7 Å². The molecule has 1 saturated heterocycles. The first-order valence-corrected chi connectivity index (χ1v) is 15.6. The van der Waals surface area contributed by atoms with Gasteiger partial charge in [-0.25, -0.2) is 15.0 Å². The number of fused-ring (bicyclic) bond motifs is 2. The van der Waals surface area contributed by atoms with Gasteiger partial charge in [-0.3, -0.25) is 9.59 Å². The van der Waals surface area contributed by atoms with Gasteiger partial charge in [0.15, 0.2) is 17.1 Å². The zero-order chi connectivity index (χ0) is 28.8. The van der Waals surface area contributed by atoms with Crippen molar-refractivity contribution >= 4 is 56.3 Å². The largest absolute Gasteiger partial charge is 0.439 e. The third-order valence-electron chi connectivity index (χ3n) is 7.86. The SMILES string of the molecule is NC(=O)c1c(Cc2ncc(-c3csc4c(=O)cc(N5CCOCC5)oc34)s2)nc(N[C@H]2CCCC[C@H]2[NH3+])n2ncnc12. The molecule has 0 unspecified atom stereocenters. The topological polar surface area (TPSA) is 181 Å². The zero-order valence-corrected chi connectivity index (χ0v) is 24.4. The molecule has 0 bridgehead atoms. The Balaban J connectivity index is 1.23. The average molecular weight is 609 g/mol. The molecular formula is C27H30N9O4S2+. The van der Waals surface area contributed by atoms with Crippen LogP contribution < -0.4 is 27.1 Å². The van der Waals surface area contributed by atoms with E-state index >= 15 is 0 Å². The third kappa shape index (κ3) is 4.91. The Bertz CT molecular complexity index is 1840. The van der Waals surface area contributed by atoms with Crippen LogP contribution in [-0.4, -0.2) is 68.9 Å². The van der Waals surface area contributed by atoms with E-state index in [9.17, 15) is 9.59 Å². The first-order valence-electron chi connectivity index (χ1n) is 13.9. The molecule has 0 spiro atoms. The number of rotatable bonds is 7. The van der Waals surface area contributed by atoms with Gasteiger partial charge < -0.3 is 30.8 Å². The standard InChI is InChI=1S/C27H29N9O4S2/c28-15-3-1-2-4-16(15)33-27-34-17(22(25(29)38)26-31-13-32-36(26)27)9-20-30-11-19(42-20)14-12-41-24-18(37)10-21(40-23(14)24)35-5-7-39-8-6-35/h10-13,15-16H,1-9,28H2,(H2,29,38)(H,33,34)/p+1/t15-,16+/m1/s1. The number of quaternary nitrogens is 1. The van der Waals surface area contributed by atoms with Crippen LogP contribution in [0.25, 0.3) is 26.4 Å². The summed E-state index contributed by atoms with van der Waals surface area (Å²) in [6.07, 6.45) is 7.71. The van der Waals surface area contributed by atoms with Gasteiger partial charge in [0.1, 0.15) is 22.6 Å². The highest BCUT2D eigenvalue weighted by Gasteiger charge is 2.28. The van der Waals surface area contributed by atoms with E-state index in [1.807, 2.05) is 10.3 Å². The first-order chi connectivity index (χ1) is 20.5. The van der Waals surface area contributed by atoms with Gasteiger partial charge in [-0.1, -0.05) is 6.42 Å². The summed E-state index contributed by atoms with van der Waals surface area (Å²) < 4.78 is 13.8. The number of aromatic nitrogens is 5. The monoisotopic (exact) mass is 608 g/mol. The van der Waals surface area contributed by atoms with Crippen LogP contribution in [0.1, 0.15) is 46.7 Å². The second-order valence-corrected chi connectivity index (χ2v) is 12.6. The fourth-order valence-corrected chi connectivity index (χ4v) is 7.58. The number of nitrogens with zero attached hydrogens (tertiary/aromatic N) is 6. The number of carbonyl (C=O) groups is 1. The minimum absolute atomic E-state index is 0.0712. The number of hydrogen-bond acceptors (Lipinski definition) is 12. The normalized spacial score (nSPS) is 19.5. The highest BCUT2D eigenvalue weighted by atomic mass is 32.1. The molecular weight excluding hydrogens is 578 g/mol. The maximum atomic E-state index is 12.9. The number of thiazole rings is 1. The number of nitrogens with one attached hydrogen (secondary N) is 1. The summed E-state index contributed by atoms with van der Waals surface area (Å²) in [5, 5.41) is 10.5. The smallest absolute Gasteiger partial charge is 0.254 e. The summed E-state index contributed by atoms with van der Waals surface area (Å²) in [6, 6.07) is 1.94. The molecule has 1 aliphatic heterocycles. The number of nitrogens with two attached hydrogens (primary N) is 1. The molecule has 13 nitrogen and oxygen atoms in total. The van der Waals surface area contributed by atoms with Crippen molar-refractivity contribution in [3.8, 4) is 10.4 Å². The quantitative estimate of drug-likeness (QED) is 0.247. The maximum absolute atomic E-state index is 12.9. The summed E-state index contributed by atoms with van der Waals surface area (Å²) in [7, 11) is 0. The van der Waals surface area contributed by atoms with Crippen LogP contribution in [-0.2, 0) is 11.2 Å². The van der Waals surface area contributed by atoms with Crippen molar-refractivity contribution in [1.82, 2.24) is 24.6 Å². The van der Waals surface area contributed by atoms with Crippen molar-refractivity contribution in [3.63, 3.8) is 0 Å². The Morgan fingerprint density at radius 2 is 2.05 bits per heavy atom. The number of ether oxygens (including phenoxy) is 1. The van der Waals surface area contributed by atoms with Crippen molar-refractivity contribution < 1.29 is 19.7 Å². The van der Waals surface area contributed by atoms with E-state index in [1.54, 1.807) is 12.3 Å². The van der Waals surface area contributed by atoms with Crippen molar-refractivity contribution in [3.05, 3.63) is 50.5 Å². The van der Waals surface area contributed by atoms with Gasteiger partial charge in [0.25, 0.3) is 5.91 Å². The van der Waals surface area contributed by atoms with Gasteiger partial charge in [-0.2, -0.15) is 9.61 Å². The zero-order valence-electron chi connectivity index (χ0n) is 22.7. The molecule has 218 valence electrons. The highest BCUT2D eigenvalue weighted by Crippen LogP contribution is 2.38. The number of thiophene rings is 1. The fourth-order valence-electron chi connectivity index (χ4n) is 5.66. The summed E-state index contributed by atoms with van der Waals surface area (Å²) in [4.78, 5) is 42.2. The predicted molar refractivity (Wildman–Crippen MR) is 159 cm³/mol. The molecule has 6 N–H and O–H groups in total. The van der Waals surface area contributed by atoms with Crippen LogP contribution in [0.15, 0.2) is 33.2 Å². The van der Waals surface area contributed by atoms with Crippen molar-refractivity contribution in [2.75, 3.05) is 36.5 Å². The molecule has 7 rings (SSSR count). The Morgan fingerprint density at radius 1 is 1.21 bits per heavy atom. The van der Waals surface area contributed by atoms with E-state index in [0.717, 1.165) is 41.1 Å². The van der Waals surface area contributed by atoms with Crippen LogP contribution in [0.2, 0.25) is 0 Å². The molecule has 1 saturated carbocycles. The molecule has 2 fully saturated rings. The molecule has 0 radical (unpaired) electrons. The second-order valence-electron chi connectivity index (χ2n) is 10.6. The van der Waals surface area contributed by atoms with Crippen LogP contribution in [0.3, 0.4) is 0 Å². The second kappa shape index (κ2) is 11.1. The molecule has 2 aliphatic rings. The van der Waals surface area contributed by atoms with Crippen LogP contribution in [0.5, 0.6) is 0 Å². The van der Waals surface area contributed by atoms with E-state index in [-0.39, 0.29) is 29.5 Å². The number of anilines is 2. The highest BCUT2D eigenvalue weighted by molar-refractivity contribution is 7.19. The fraction of sp³-hybridized carbons (Fsp3) is 0.407. The molecule has 1 amide bonds. The Kier molecular flexibility index (Phi) is 7.09. The minimum atomic E-state index is -0.632. The van der Waals surface area contributed by atoms with Gasteiger partial charge in [-0.05, 0) is 12.8 Å². The lowest BCUT2D eigenvalue weighted by Gasteiger charge is -2.27. The molecule has 5 aromatic rings. The van der Waals surface area contributed by atoms with Gasteiger partial charge in [0.2, 0.25) is 11.4 Å². The molecule has 15 heteroatoms. The van der Waals surface area contributed by atoms with E-state index in [1.165, 1.54) is 33.5 Å². The number of primary amides is 1. The van der Waals surface area contributed by atoms with Gasteiger partial charge in [0.05, 0.1) is 34.8 Å². The number of morpholine rings is 1. The lowest BCUT2D eigenvalue weighted by Crippen LogP contribution is -2.68. The third-order valence-corrected chi connectivity index (χ3v) is 9.87. The Morgan fingerprint density at radius 3 is 2.86 bits per heavy atom. The van der Waals surface area contributed by atoms with E-state index in [4.69, 9.17) is 19.9 Å². The first kappa shape index (κ1) is 26.9. The van der Waals surface area contributed by atoms with E-state index in [0.29, 0.717) is 59.8 Å². The van der Waals surface area contributed by atoms with Crippen molar-refractivity contribution in [2.24, 2.45) is 5.73 Å². The van der Waals surface area contributed by atoms with Crippen molar-refractivity contribution in [2.45, 2.75) is 44.2 Å². The summed E-state index contributed by atoms with van der Waals surface area (Å²) >= 11 is 2.81. The summed E-state index contributed by atoms with van der Waals surface area (Å²) in [5.74, 6) is 0.411. The number of carbonyl (C=O) groups excluding carboxylic acids is 1. The number of amides is 1. The Labute approximate surface area is 247 Å². The van der Waals surface area contributed by atoms with E-state index in [2.05, 4.69) is 26.1 Å². The lowest BCUT2D eigenvalue weighted by atomic mass is 9.91. The minimum Gasteiger partial charge on any atom is -0.439 e. The van der Waals surface area contributed by atoms with Gasteiger partial charge in [0, 0.05) is 49.1 Å². The van der Waals surface area contributed by atoms with Gasteiger partial charge >= 0.3 is 0 Å². The Hall–Kier alpha value is -3.92. The summed E-state index contributed by atoms with van der Waals surface area (Å²) in [6.45, 7) is 2.51. The average Bonchev–Trinajstić information content (AvgIpc) is 3.75. The molecule has 42 heavy (non-hydrogen) atoms. The van der Waals surface area contributed by atoms with Crippen molar-refractivity contribution in [1.29, 1.82) is 0 Å². The molecule has 6 heterocycles. The molecule has 1 aliphatic carbocycles. The van der Waals surface area contributed by atoms with Crippen LogP contribution in [0.4, 0.5) is 11.8 Å². The molecule has 0 aromatic carbocycles. The van der Waals surface area contributed by atoms with E-state index < -0.39 is 5.91 Å². The summed E-state index contributed by atoms with van der Waals surface area (Å²) in [5.41, 5.74) is 12.5. The predicted octanol–water partition coefficient (Wildman–Crippen LogP) is 1.91. The lowest BCUT2D eigenvalue weighted by molar-refractivity contribution is -0.427. The maximum Gasteiger partial charge on any atom is 0.254 e. The van der Waals surface area contributed by atoms with Gasteiger partial charge in [-0.15, -0.1) is 22.7 Å². The van der Waals surface area contributed by atoms with Crippen LogP contribution in [0, 0.1) is 0 Å². The molecule has 2 atom stereocenters.